The molecule has 0 aromatic heterocycles. The zero-order valence-corrected chi connectivity index (χ0v) is 11.4. The first-order chi connectivity index (χ1) is 9.49. The van der Waals surface area contributed by atoms with Crippen molar-refractivity contribution in [3.05, 3.63) is 0 Å². The van der Waals surface area contributed by atoms with Crippen LogP contribution in [0.4, 0.5) is 4.79 Å². The van der Waals surface area contributed by atoms with E-state index in [9.17, 15) is 14.4 Å². The van der Waals surface area contributed by atoms with E-state index in [0.29, 0.717) is 5.06 Å². The molecule has 0 bridgehead atoms. The topological polar surface area (TPSA) is 135 Å². The van der Waals surface area contributed by atoms with Gasteiger partial charge in [-0.25, -0.2) is 9.79 Å². The Bertz CT molecular complexity index is 487. The fourth-order valence-corrected chi connectivity index (χ4v) is 1.51. The maximum atomic E-state index is 11.8. The number of rotatable bonds is 4. The SMILES string of the molecule is CS/C(N)=N\C1CC(=O)N(OC(=O)OCCC#N)C1=O. The average molecular weight is 300 g/mol. The molecule has 0 spiro atoms. The molecule has 2 N–H and O–H groups in total. The average Bonchev–Trinajstić information content (AvgIpc) is 2.66. The van der Waals surface area contributed by atoms with Gasteiger partial charge in [0, 0.05) is 0 Å². The molecule has 1 saturated heterocycles. The second-order valence-corrected chi connectivity index (χ2v) is 4.34. The van der Waals surface area contributed by atoms with E-state index in [1.54, 1.807) is 12.3 Å². The van der Waals surface area contributed by atoms with Gasteiger partial charge in [-0.05, 0) is 6.26 Å². The van der Waals surface area contributed by atoms with Crippen LogP contribution in [0.1, 0.15) is 12.8 Å². The number of nitriles is 1. The number of ether oxygens (including phenoxy) is 1. The lowest BCUT2D eigenvalue weighted by Gasteiger charge is -2.12. The Balaban J connectivity index is 2.59. The van der Waals surface area contributed by atoms with Crippen molar-refractivity contribution in [2.75, 3.05) is 12.9 Å². The highest BCUT2D eigenvalue weighted by atomic mass is 32.2. The van der Waals surface area contributed by atoms with E-state index >= 15 is 0 Å². The zero-order valence-electron chi connectivity index (χ0n) is 10.6. The van der Waals surface area contributed by atoms with Crippen molar-refractivity contribution in [2.45, 2.75) is 18.9 Å². The van der Waals surface area contributed by atoms with E-state index < -0.39 is 24.0 Å². The minimum atomic E-state index is -1.23. The fourth-order valence-electron chi connectivity index (χ4n) is 1.28. The van der Waals surface area contributed by atoms with E-state index in [4.69, 9.17) is 11.0 Å². The standard InChI is InChI=1S/C10H12N4O5S/c1-20-9(12)13-6-5-7(15)14(8(6)16)19-10(17)18-4-2-3-11/h6H,2,4-5H2,1H3,(H2,12,13). The molecule has 10 heteroatoms. The predicted molar refractivity (Wildman–Crippen MR) is 68.1 cm³/mol. The molecule has 20 heavy (non-hydrogen) atoms. The van der Waals surface area contributed by atoms with E-state index in [2.05, 4.69) is 14.6 Å². The Kier molecular flexibility index (Phi) is 5.79. The van der Waals surface area contributed by atoms with Crippen LogP contribution in [-0.4, -0.2) is 47.1 Å². The molecular weight excluding hydrogens is 288 g/mol. The number of carbonyl (C=O) groups is 3. The largest absolute Gasteiger partial charge is 0.533 e. The Hall–Kier alpha value is -2.28. The fraction of sp³-hybridized carbons (Fsp3) is 0.500. The summed E-state index contributed by atoms with van der Waals surface area (Å²) in [4.78, 5) is 42.8. The molecule has 0 aliphatic carbocycles. The summed E-state index contributed by atoms with van der Waals surface area (Å²) in [5, 5.41) is 8.71. The van der Waals surface area contributed by atoms with E-state index in [-0.39, 0.29) is 24.6 Å². The van der Waals surface area contributed by atoms with Gasteiger partial charge in [0.2, 0.25) is 0 Å². The Labute approximate surface area is 118 Å². The normalized spacial score (nSPS) is 18.9. The molecule has 2 amide bonds. The number of nitrogens with two attached hydrogens (primary N) is 1. The molecule has 1 aliphatic heterocycles. The summed E-state index contributed by atoms with van der Waals surface area (Å²) >= 11 is 1.13. The highest BCUT2D eigenvalue weighted by molar-refractivity contribution is 8.13. The number of hydrogen-bond acceptors (Lipinski definition) is 8. The quantitative estimate of drug-likeness (QED) is 0.247. The van der Waals surface area contributed by atoms with Crippen molar-refractivity contribution in [1.82, 2.24) is 5.06 Å². The summed E-state index contributed by atoms with van der Waals surface area (Å²) < 4.78 is 4.48. The van der Waals surface area contributed by atoms with Gasteiger partial charge in [-0.3, -0.25) is 14.4 Å². The van der Waals surface area contributed by atoms with Gasteiger partial charge in [0.15, 0.2) is 5.17 Å². The van der Waals surface area contributed by atoms with Crippen LogP contribution in [0.5, 0.6) is 0 Å². The monoisotopic (exact) mass is 300 g/mol. The summed E-state index contributed by atoms with van der Waals surface area (Å²) in [6.45, 7) is -0.188. The summed E-state index contributed by atoms with van der Waals surface area (Å²) in [6, 6.07) is 0.757. The van der Waals surface area contributed by atoms with Gasteiger partial charge in [0.1, 0.15) is 12.6 Å². The third-order valence-corrected chi connectivity index (χ3v) is 2.70. The first-order valence-corrected chi connectivity index (χ1v) is 6.67. The third kappa shape index (κ3) is 4.13. The van der Waals surface area contributed by atoms with Crippen molar-refractivity contribution in [1.29, 1.82) is 5.26 Å². The number of thioether (sulfide) groups is 1. The molecule has 0 aromatic rings. The number of imide groups is 1. The molecule has 1 heterocycles. The summed E-state index contributed by atoms with van der Waals surface area (Å²) in [6.07, 6.45) is 0.185. The Morgan fingerprint density at radius 2 is 2.35 bits per heavy atom. The highest BCUT2D eigenvalue weighted by Crippen LogP contribution is 2.18. The maximum Gasteiger partial charge on any atom is 0.533 e. The van der Waals surface area contributed by atoms with Crippen molar-refractivity contribution in [2.24, 2.45) is 10.7 Å². The minimum Gasteiger partial charge on any atom is -0.432 e. The lowest BCUT2D eigenvalue weighted by atomic mass is 10.3. The van der Waals surface area contributed by atoms with Gasteiger partial charge in [0.25, 0.3) is 11.8 Å². The van der Waals surface area contributed by atoms with Crippen LogP contribution in [0.15, 0.2) is 4.99 Å². The molecule has 0 aromatic carbocycles. The lowest BCUT2D eigenvalue weighted by Crippen LogP contribution is -2.34. The van der Waals surface area contributed by atoms with Gasteiger partial charge in [-0.2, -0.15) is 5.26 Å². The van der Waals surface area contributed by atoms with E-state index in [0.717, 1.165) is 11.8 Å². The smallest absolute Gasteiger partial charge is 0.432 e. The van der Waals surface area contributed by atoms with E-state index in [1.807, 2.05) is 0 Å². The van der Waals surface area contributed by atoms with Crippen LogP contribution >= 0.6 is 11.8 Å². The Morgan fingerprint density at radius 3 is 2.95 bits per heavy atom. The van der Waals surface area contributed by atoms with Gasteiger partial charge < -0.3 is 10.5 Å². The minimum absolute atomic E-state index is 0.0197. The van der Waals surface area contributed by atoms with E-state index in [1.165, 1.54) is 0 Å². The number of hydrogen-bond donors (Lipinski definition) is 1. The van der Waals surface area contributed by atoms with Crippen LogP contribution in [0, 0.1) is 11.3 Å². The molecule has 108 valence electrons. The summed E-state index contributed by atoms with van der Waals surface area (Å²) in [7, 11) is 0. The third-order valence-electron chi connectivity index (χ3n) is 2.17. The van der Waals surface area contributed by atoms with Crippen LogP contribution < -0.4 is 5.73 Å². The molecule has 1 fully saturated rings. The molecule has 9 nitrogen and oxygen atoms in total. The second-order valence-electron chi connectivity index (χ2n) is 3.52. The van der Waals surface area contributed by atoms with Crippen LogP contribution in [0.3, 0.4) is 0 Å². The Morgan fingerprint density at radius 1 is 1.65 bits per heavy atom. The van der Waals surface area contributed by atoms with Gasteiger partial charge >= 0.3 is 6.16 Å². The second kappa shape index (κ2) is 7.34. The molecule has 1 atom stereocenters. The highest BCUT2D eigenvalue weighted by Gasteiger charge is 2.42. The van der Waals surface area contributed by atoms with Gasteiger partial charge in [0.05, 0.1) is 18.9 Å². The number of aliphatic imine (C=N–C) groups is 1. The van der Waals surface area contributed by atoms with Crippen molar-refractivity contribution in [3.8, 4) is 6.07 Å². The molecule has 0 radical (unpaired) electrons. The van der Waals surface area contributed by atoms with Crippen molar-refractivity contribution < 1.29 is 24.0 Å². The van der Waals surface area contributed by atoms with Gasteiger partial charge in [-0.1, -0.05) is 16.8 Å². The van der Waals surface area contributed by atoms with Crippen LogP contribution in [0.2, 0.25) is 0 Å². The van der Waals surface area contributed by atoms with Gasteiger partial charge in [-0.15, -0.1) is 0 Å². The molecular formula is C10H12N4O5S. The first-order valence-electron chi connectivity index (χ1n) is 5.45. The molecule has 1 unspecified atom stereocenters. The number of nitrogens with zero attached hydrogens (tertiary/aromatic N) is 3. The number of amidine groups is 1. The number of carbonyl (C=O) groups excluding carboxylic acids is 3. The summed E-state index contributed by atoms with van der Waals surface area (Å²) in [5.74, 6) is -1.50. The van der Waals surface area contributed by atoms with Crippen LogP contribution in [0.25, 0.3) is 0 Å². The van der Waals surface area contributed by atoms with Crippen LogP contribution in [-0.2, 0) is 19.2 Å². The molecule has 1 rings (SSSR count). The maximum absolute atomic E-state index is 11.8. The first kappa shape index (κ1) is 15.8. The zero-order chi connectivity index (χ0) is 15.1. The lowest BCUT2D eigenvalue weighted by molar-refractivity contribution is -0.177. The number of amides is 2. The number of hydroxylamine groups is 2. The molecule has 1 aliphatic rings. The summed E-state index contributed by atoms with van der Waals surface area (Å²) in [5.41, 5.74) is 5.46. The van der Waals surface area contributed by atoms with Crippen molar-refractivity contribution >= 4 is 34.9 Å². The van der Waals surface area contributed by atoms with Crippen molar-refractivity contribution in [3.63, 3.8) is 0 Å². The predicted octanol–water partition coefficient (Wildman–Crippen LogP) is -0.227. The molecule has 0 saturated carbocycles.